The summed E-state index contributed by atoms with van der Waals surface area (Å²) in [4.78, 5) is 41.2. The molecule has 3 heterocycles. The predicted molar refractivity (Wildman–Crippen MR) is 149 cm³/mol. The van der Waals surface area contributed by atoms with Gasteiger partial charge >= 0.3 is 6.03 Å². The fourth-order valence-corrected chi connectivity index (χ4v) is 6.87. The SMILES string of the molecule is CCN1CCN(C(=O)C(C)(C)CCOC(C)(C)CCNC(=O)CCCC[C@@H]2SCC3NC(=O)NC32)CC1. The summed E-state index contributed by atoms with van der Waals surface area (Å²) in [6.45, 7) is 15.9. The van der Waals surface area contributed by atoms with Crippen LogP contribution in [0.1, 0.15) is 73.1 Å². The molecular formula is C27H49N5O4S. The number of likely N-dealkylation sites (N-methyl/N-ethyl adjacent to an activating group) is 1. The van der Waals surface area contributed by atoms with Crippen LogP contribution in [-0.2, 0) is 14.3 Å². The molecule has 0 spiro atoms. The Morgan fingerprint density at radius 2 is 1.81 bits per heavy atom. The van der Waals surface area contributed by atoms with Crippen molar-refractivity contribution < 1.29 is 19.1 Å². The maximum Gasteiger partial charge on any atom is 0.315 e. The van der Waals surface area contributed by atoms with Crippen molar-refractivity contribution in [3.05, 3.63) is 0 Å². The summed E-state index contributed by atoms with van der Waals surface area (Å²) in [5.74, 6) is 1.27. The van der Waals surface area contributed by atoms with Gasteiger partial charge in [0, 0.05) is 62.2 Å². The molecular weight excluding hydrogens is 490 g/mol. The first-order chi connectivity index (χ1) is 17.5. The van der Waals surface area contributed by atoms with Crippen LogP contribution >= 0.6 is 11.8 Å². The molecule has 3 atom stereocenters. The molecule has 0 saturated carbocycles. The quantitative estimate of drug-likeness (QED) is 0.232. The Morgan fingerprint density at radius 1 is 1.08 bits per heavy atom. The molecule has 0 radical (unpaired) electrons. The number of rotatable bonds is 14. The molecule has 0 bridgehead atoms. The third-order valence-electron chi connectivity index (χ3n) is 8.04. The standard InChI is InChI=1S/C27H49N5O4S/c1-6-31-14-16-32(17-15-31)24(34)26(2,3)12-18-36-27(4,5)11-13-28-22(33)10-8-7-9-21-23-20(19-37-21)29-25(35)30-23/h20-21,23H,6-19H2,1-5H3,(H,28,33)(H2,29,30,35)/t20?,21-,23?/m0/s1. The van der Waals surface area contributed by atoms with E-state index in [1.807, 2.05) is 44.4 Å². The van der Waals surface area contributed by atoms with Crippen LogP contribution < -0.4 is 16.0 Å². The summed E-state index contributed by atoms with van der Waals surface area (Å²) >= 11 is 1.91. The summed E-state index contributed by atoms with van der Waals surface area (Å²) in [5, 5.41) is 9.46. The lowest BCUT2D eigenvalue weighted by Crippen LogP contribution is -2.52. The van der Waals surface area contributed by atoms with Crippen molar-refractivity contribution in [3.8, 4) is 0 Å². The Bertz CT molecular complexity index is 785. The number of thioether (sulfide) groups is 1. The van der Waals surface area contributed by atoms with Gasteiger partial charge < -0.3 is 30.5 Å². The van der Waals surface area contributed by atoms with Crippen molar-refractivity contribution in [2.75, 3.05) is 51.6 Å². The molecule has 3 saturated heterocycles. The highest BCUT2D eigenvalue weighted by molar-refractivity contribution is 8.00. The van der Waals surface area contributed by atoms with Gasteiger partial charge in [0.25, 0.3) is 0 Å². The van der Waals surface area contributed by atoms with Gasteiger partial charge in [0.15, 0.2) is 0 Å². The number of urea groups is 1. The first-order valence-corrected chi connectivity index (χ1v) is 15.2. The van der Waals surface area contributed by atoms with Gasteiger partial charge in [-0.05, 0) is 46.1 Å². The molecule has 3 fully saturated rings. The summed E-state index contributed by atoms with van der Waals surface area (Å²) in [6.07, 6.45) is 4.80. The highest BCUT2D eigenvalue weighted by atomic mass is 32.2. The fourth-order valence-electron chi connectivity index (χ4n) is 5.32. The zero-order valence-electron chi connectivity index (χ0n) is 23.6. The van der Waals surface area contributed by atoms with E-state index in [1.165, 1.54) is 0 Å². The van der Waals surface area contributed by atoms with Crippen molar-refractivity contribution in [3.63, 3.8) is 0 Å². The average Bonchev–Trinajstić information content (AvgIpc) is 3.40. The number of fused-ring (bicyclic) bond motifs is 1. The second-order valence-electron chi connectivity index (χ2n) is 11.9. The second-order valence-corrected chi connectivity index (χ2v) is 13.2. The van der Waals surface area contributed by atoms with Crippen LogP contribution in [0.25, 0.3) is 0 Å². The Hall–Kier alpha value is -1.52. The molecule has 0 aromatic heterocycles. The maximum atomic E-state index is 13.0. The van der Waals surface area contributed by atoms with E-state index < -0.39 is 5.41 Å². The normalized spacial score (nSPS) is 24.5. The van der Waals surface area contributed by atoms with Gasteiger partial charge in [-0.25, -0.2) is 4.79 Å². The molecule has 3 N–H and O–H groups in total. The molecule has 0 aromatic carbocycles. The highest BCUT2D eigenvalue weighted by Gasteiger charge is 2.42. The molecule has 0 aliphatic carbocycles. The number of piperazine rings is 1. The largest absolute Gasteiger partial charge is 0.375 e. The number of carbonyl (C=O) groups excluding carboxylic acids is 3. The number of carbonyl (C=O) groups is 3. The lowest BCUT2D eigenvalue weighted by Gasteiger charge is -2.38. The van der Waals surface area contributed by atoms with Crippen LogP contribution in [0.4, 0.5) is 4.79 Å². The zero-order valence-corrected chi connectivity index (χ0v) is 24.4. The summed E-state index contributed by atoms with van der Waals surface area (Å²) < 4.78 is 6.15. The van der Waals surface area contributed by atoms with Crippen molar-refractivity contribution >= 4 is 29.6 Å². The fraction of sp³-hybridized carbons (Fsp3) is 0.889. The van der Waals surface area contributed by atoms with Gasteiger partial charge in [0.05, 0.1) is 17.7 Å². The van der Waals surface area contributed by atoms with E-state index in [0.29, 0.717) is 31.2 Å². The Kier molecular flexibility index (Phi) is 11.0. The Labute approximate surface area is 227 Å². The van der Waals surface area contributed by atoms with Crippen LogP contribution in [0, 0.1) is 5.41 Å². The Balaban J connectivity index is 1.24. The van der Waals surface area contributed by atoms with Gasteiger partial charge in [0.2, 0.25) is 11.8 Å². The van der Waals surface area contributed by atoms with Crippen LogP contribution in [0.2, 0.25) is 0 Å². The molecule has 4 amide bonds. The van der Waals surface area contributed by atoms with E-state index >= 15 is 0 Å². The second kappa shape index (κ2) is 13.5. The van der Waals surface area contributed by atoms with Gasteiger partial charge in [-0.2, -0.15) is 11.8 Å². The zero-order chi connectivity index (χ0) is 27.1. The minimum Gasteiger partial charge on any atom is -0.375 e. The van der Waals surface area contributed by atoms with Gasteiger partial charge in [-0.3, -0.25) is 9.59 Å². The molecule has 3 rings (SSSR count). The minimum atomic E-state index is -0.448. The van der Waals surface area contributed by atoms with E-state index in [1.54, 1.807) is 0 Å². The van der Waals surface area contributed by atoms with Crippen LogP contribution in [0.5, 0.6) is 0 Å². The monoisotopic (exact) mass is 539 g/mol. The average molecular weight is 540 g/mol. The van der Waals surface area contributed by atoms with Gasteiger partial charge in [-0.1, -0.05) is 27.2 Å². The summed E-state index contributed by atoms with van der Waals surface area (Å²) in [6, 6.07) is 0.434. The van der Waals surface area contributed by atoms with Crippen molar-refractivity contribution in [1.82, 2.24) is 25.8 Å². The number of hydrogen-bond acceptors (Lipinski definition) is 6. The number of hydrogen-bond donors (Lipinski definition) is 3. The van der Waals surface area contributed by atoms with Crippen LogP contribution in [0.15, 0.2) is 0 Å². The van der Waals surface area contributed by atoms with E-state index in [9.17, 15) is 14.4 Å². The molecule has 3 aliphatic heterocycles. The predicted octanol–water partition coefficient (Wildman–Crippen LogP) is 2.59. The van der Waals surface area contributed by atoms with Gasteiger partial charge in [0.1, 0.15) is 0 Å². The minimum absolute atomic E-state index is 0.0511. The molecule has 37 heavy (non-hydrogen) atoms. The molecule has 10 heteroatoms. The van der Waals surface area contributed by atoms with Crippen LogP contribution in [-0.4, -0.2) is 102 Å². The molecule has 9 nitrogen and oxygen atoms in total. The molecule has 0 aromatic rings. The third-order valence-corrected chi connectivity index (χ3v) is 9.54. The number of ether oxygens (including phenoxy) is 1. The van der Waals surface area contributed by atoms with E-state index in [-0.39, 0.29) is 35.5 Å². The maximum absolute atomic E-state index is 13.0. The topological polar surface area (TPSA) is 103 Å². The molecule has 212 valence electrons. The lowest BCUT2D eigenvalue weighted by atomic mass is 9.87. The third kappa shape index (κ3) is 9.03. The number of nitrogens with one attached hydrogen (secondary N) is 3. The summed E-state index contributed by atoms with van der Waals surface area (Å²) in [5.41, 5.74) is -0.814. The van der Waals surface area contributed by atoms with E-state index in [0.717, 1.165) is 64.2 Å². The van der Waals surface area contributed by atoms with Crippen molar-refractivity contribution in [2.24, 2.45) is 5.41 Å². The smallest absolute Gasteiger partial charge is 0.315 e. The first kappa shape index (κ1) is 30.0. The summed E-state index contributed by atoms with van der Waals surface area (Å²) in [7, 11) is 0. The molecule has 3 aliphatic rings. The van der Waals surface area contributed by atoms with E-state index in [4.69, 9.17) is 4.74 Å². The van der Waals surface area contributed by atoms with E-state index in [2.05, 4.69) is 27.8 Å². The number of nitrogens with zero attached hydrogens (tertiary/aromatic N) is 2. The number of unbranched alkanes of at least 4 members (excludes halogenated alkanes) is 1. The van der Waals surface area contributed by atoms with Crippen molar-refractivity contribution in [1.29, 1.82) is 0 Å². The molecule has 2 unspecified atom stereocenters. The highest BCUT2D eigenvalue weighted by Crippen LogP contribution is 2.33. The number of amides is 4. The van der Waals surface area contributed by atoms with Gasteiger partial charge in [-0.15, -0.1) is 0 Å². The first-order valence-electron chi connectivity index (χ1n) is 14.1. The van der Waals surface area contributed by atoms with Crippen molar-refractivity contribution in [2.45, 2.75) is 96.1 Å². The lowest BCUT2D eigenvalue weighted by molar-refractivity contribution is -0.144. The van der Waals surface area contributed by atoms with Crippen LogP contribution in [0.3, 0.4) is 0 Å². The Morgan fingerprint density at radius 3 is 2.51 bits per heavy atom.